The molecular formula is C19H26N4O2S. The van der Waals surface area contributed by atoms with Crippen molar-refractivity contribution in [2.75, 3.05) is 26.2 Å². The van der Waals surface area contributed by atoms with Crippen molar-refractivity contribution in [2.24, 2.45) is 0 Å². The van der Waals surface area contributed by atoms with E-state index in [2.05, 4.69) is 27.7 Å². The Bertz CT molecular complexity index is 735. The molecule has 0 bridgehead atoms. The molecule has 1 aromatic carbocycles. The summed E-state index contributed by atoms with van der Waals surface area (Å²) in [5.74, 6) is 0.235. The van der Waals surface area contributed by atoms with Gasteiger partial charge in [0.25, 0.3) is 0 Å². The van der Waals surface area contributed by atoms with Crippen molar-refractivity contribution in [3.05, 3.63) is 29.3 Å². The Labute approximate surface area is 158 Å². The minimum Gasteiger partial charge on any atom is -0.355 e. The van der Waals surface area contributed by atoms with E-state index in [4.69, 9.17) is 4.98 Å². The molecule has 6 nitrogen and oxygen atoms in total. The van der Waals surface area contributed by atoms with Gasteiger partial charge in [-0.05, 0) is 51.9 Å². The first-order valence-corrected chi connectivity index (χ1v) is 10.0. The molecule has 1 fully saturated rings. The Morgan fingerprint density at radius 3 is 2.73 bits per heavy atom. The minimum atomic E-state index is -0.497. The second kappa shape index (κ2) is 8.60. The van der Waals surface area contributed by atoms with E-state index in [1.54, 1.807) is 18.3 Å². The number of hydrogen-bond donors (Lipinski definition) is 2. The fraction of sp³-hybridized carbons (Fsp3) is 0.526. The summed E-state index contributed by atoms with van der Waals surface area (Å²) >= 11 is 1.78. The highest BCUT2D eigenvalue weighted by Crippen LogP contribution is 2.33. The summed E-state index contributed by atoms with van der Waals surface area (Å²) in [7, 11) is 0. The summed E-state index contributed by atoms with van der Waals surface area (Å²) in [6.07, 6.45) is 2.03. The predicted molar refractivity (Wildman–Crippen MR) is 104 cm³/mol. The van der Waals surface area contributed by atoms with Crippen LogP contribution in [-0.4, -0.2) is 53.9 Å². The zero-order chi connectivity index (χ0) is 18.5. The number of thiazole rings is 1. The molecule has 2 N–H and O–H groups in total. The normalized spacial score (nSPS) is 17.2. The van der Waals surface area contributed by atoms with E-state index in [1.807, 2.05) is 19.1 Å². The number of rotatable bonds is 6. The molecule has 2 amide bonds. The van der Waals surface area contributed by atoms with Crippen LogP contribution >= 0.6 is 11.3 Å². The first-order valence-electron chi connectivity index (χ1n) is 9.21. The van der Waals surface area contributed by atoms with Gasteiger partial charge in [0, 0.05) is 12.5 Å². The fourth-order valence-corrected chi connectivity index (χ4v) is 4.42. The molecule has 2 heterocycles. The van der Waals surface area contributed by atoms with Gasteiger partial charge in [0.2, 0.25) is 11.8 Å². The van der Waals surface area contributed by atoms with Gasteiger partial charge in [-0.2, -0.15) is 0 Å². The van der Waals surface area contributed by atoms with Crippen LogP contribution in [0.4, 0.5) is 0 Å². The number of nitrogens with zero attached hydrogens (tertiary/aromatic N) is 2. The maximum atomic E-state index is 12.2. The maximum absolute atomic E-state index is 12.2. The van der Waals surface area contributed by atoms with Gasteiger partial charge in [-0.15, -0.1) is 11.3 Å². The molecule has 0 spiro atoms. The largest absolute Gasteiger partial charge is 0.355 e. The number of nitrogens with one attached hydrogen (secondary N) is 2. The predicted octanol–water partition coefficient (Wildman–Crippen LogP) is 2.12. The monoisotopic (exact) mass is 374 g/mol. The molecule has 1 aliphatic heterocycles. The molecule has 1 saturated heterocycles. The summed E-state index contributed by atoms with van der Waals surface area (Å²) < 4.78 is 1.24. The minimum absolute atomic E-state index is 0.0952. The van der Waals surface area contributed by atoms with Gasteiger partial charge in [0.05, 0.1) is 21.8 Å². The van der Waals surface area contributed by atoms with Gasteiger partial charge in [-0.1, -0.05) is 12.1 Å². The van der Waals surface area contributed by atoms with Crippen molar-refractivity contribution >= 4 is 33.4 Å². The lowest BCUT2D eigenvalue weighted by molar-refractivity contribution is -0.129. The Hall–Kier alpha value is -1.99. The van der Waals surface area contributed by atoms with E-state index in [0.29, 0.717) is 19.0 Å². The van der Waals surface area contributed by atoms with E-state index in [1.165, 1.54) is 9.71 Å². The maximum Gasteiger partial charge on any atom is 0.242 e. The number of aromatic nitrogens is 1. The molecule has 26 heavy (non-hydrogen) atoms. The van der Waals surface area contributed by atoms with E-state index in [0.717, 1.165) is 31.4 Å². The standard InChI is InChI=1S/C19H26N4O2S/c1-3-20-18(25)13(2)21-17(24)12-23-10-8-14(9-11-23)19-22-15-6-4-5-7-16(15)26-19/h4-7,13-14H,3,8-12H2,1-2H3,(H,20,25)(H,21,24)/t13-/m1/s1. The lowest BCUT2D eigenvalue weighted by atomic mass is 9.97. The Morgan fingerprint density at radius 2 is 2.04 bits per heavy atom. The van der Waals surface area contributed by atoms with Gasteiger partial charge in [0.15, 0.2) is 0 Å². The highest BCUT2D eigenvalue weighted by Gasteiger charge is 2.25. The Kier molecular flexibility index (Phi) is 6.21. The van der Waals surface area contributed by atoms with Crippen molar-refractivity contribution in [3.8, 4) is 0 Å². The summed E-state index contributed by atoms with van der Waals surface area (Å²) in [6.45, 7) is 6.24. The second-order valence-electron chi connectivity index (χ2n) is 6.75. The molecule has 0 saturated carbocycles. The van der Waals surface area contributed by atoms with Crippen LogP contribution in [0, 0.1) is 0 Å². The molecular weight excluding hydrogens is 348 g/mol. The van der Waals surface area contributed by atoms with Gasteiger partial charge in [0.1, 0.15) is 6.04 Å². The molecule has 2 aromatic rings. The number of likely N-dealkylation sites (tertiary alicyclic amines) is 1. The topological polar surface area (TPSA) is 74.3 Å². The molecule has 1 atom stereocenters. The Balaban J connectivity index is 1.47. The number of carbonyl (C=O) groups excluding carboxylic acids is 2. The third kappa shape index (κ3) is 4.59. The smallest absolute Gasteiger partial charge is 0.242 e. The lowest BCUT2D eigenvalue weighted by Gasteiger charge is -2.30. The van der Waals surface area contributed by atoms with E-state index >= 15 is 0 Å². The number of fused-ring (bicyclic) bond motifs is 1. The van der Waals surface area contributed by atoms with Crippen LogP contribution in [0.15, 0.2) is 24.3 Å². The highest BCUT2D eigenvalue weighted by molar-refractivity contribution is 7.18. The quantitative estimate of drug-likeness (QED) is 0.812. The van der Waals surface area contributed by atoms with Gasteiger partial charge < -0.3 is 10.6 Å². The number of amides is 2. The third-order valence-corrected chi connectivity index (χ3v) is 5.94. The van der Waals surface area contributed by atoms with Crippen LogP contribution in [-0.2, 0) is 9.59 Å². The zero-order valence-electron chi connectivity index (χ0n) is 15.3. The number of para-hydroxylation sites is 1. The molecule has 1 aliphatic rings. The number of hydrogen-bond acceptors (Lipinski definition) is 5. The number of piperidine rings is 1. The van der Waals surface area contributed by atoms with Crippen molar-refractivity contribution in [1.29, 1.82) is 0 Å². The van der Waals surface area contributed by atoms with Crippen LogP contribution in [0.2, 0.25) is 0 Å². The van der Waals surface area contributed by atoms with Crippen molar-refractivity contribution in [1.82, 2.24) is 20.5 Å². The van der Waals surface area contributed by atoms with Gasteiger partial charge >= 0.3 is 0 Å². The summed E-state index contributed by atoms with van der Waals surface area (Å²) in [5, 5.41) is 6.69. The van der Waals surface area contributed by atoms with Crippen molar-refractivity contribution in [3.63, 3.8) is 0 Å². The first-order chi connectivity index (χ1) is 12.6. The van der Waals surface area contributed by atoms with Crippen LogP contribution in [0.5, 0.6) is 0 Å². The number of benzene rings is 1. The molecule has 1 aromatic heterocycles. The van der Waals surface area contributed by atoms with E-state index in [9.17, 15) is 9.59 Å². The average Bonchev–Trinajstić information content (AvgIpc) is 3.06. The summed E-state index contributed by atoms with van der Waals surface area (Å²) in [6, 6.07) is 7.75. The molecule has 0 aliphatic carbocycles. The van der Waals surface area contributed by atoms with Gasteiger partial charge in [-0.25, -0.2) is 4.98 Å². The summed E-state index contributed by atoms with van der Waals surface area (Å²) in [4.78, 5) is 30.8. The van der Waals surface area contributed by atoms with E-state index < -0.39 is 6.04 Å². The molecule has 140 valence electrons. The van der Waals surface area contributed by atoms with Crippen molar-refractivity contribution in [2.45, 2.75) is 38.6 Å². The third-order valence-electron chi connectivity index (χ3n) is 4.74. The Morgan fingerprint density at radius 1 is 1.31 bits per heavy atom. The molecule has 0 unspecified atom stereocenters. The molecule has 3 rings (SSSR count). The summed E-state index contributed by atoms with van der Waals surface area (Å²) in [5.41, 5.74) is 1.08. The SMILES string of the molecule is CCNC(=O)[C@@H](C)NC(=O)CN1CCC(c2nc3ccccc3s2)CC1. The average molecular weight is 375 g/mol. The van der Waals surface area contributed by atoms with Crippen LogP contribution in [0.3, 0.4) is 0 Å². The van der Waals surface area contributed by atoms with Crippen LogP contribution < -0.4 is 10.6 Å². The highest BCUT2D eigenvalue weighted by atomic mass is 32.1. The number of carbonyl (C=O) groups is 2. The molecule has 7 heteroatoms. The fourth-order valence-electron chi connectivity index (χ4n) is 3.29. The van der Waals surface area contributed by atoms with Crippen LogP contribution in [0.1, 0.15) is 37.6 Å². The second-order valence-corrected chi connectivity index (χ2v) is 7.82. The first kappa shape index (κ1) is 18.8. The van der Waals surface area contributed by atoms with Crippen molar-refractivity contribution < 1.29 is 9.59 Å². The number of likely N-dealkylation sites (N-methyl/N-ethyl adjacent to an activating group) is 1. The van der Waals surface area contributed by atoms with Gasteiger partial charge in [-0.3, -0.25) is 14.5 Å². The lowest BCUT2D eigenvalue weighted by Crippen LogP contribution is -2.48. The molecule has 0 radical (unpaired) electrons. The van der Waals surface area contributed by atoms with E-state index in [-0.39, 0.29) is 11.8 Å². The van der Waals surface area contributed by atoms with Crippen LogP contribution in [0.25, 0.3) is 10.2 Å². The zero-order valence-corrected chi connectivity index (χ0v) is 16.1.